The van der Waals surface area contributed by atoms with Crippen molar-refractivity contribution in [3.63, 3.8) is 0 Å². The van der Waals surface area contributed by atoms with E-state index < -0.39 is 7.81 Å². The van der Waals surface area contributed by atoms with E-state index in [1.807, 2.05) is 0 Å². The zero-order valence-electron chi connectivity index (χ0n) is 21.1. The van der Waals surface area contributed by atoms with Crippen molar-refractivity contribution in [1.29, 1.82) is 10.5 Å². The summed E-state index contributed by atoms with van der Waals surface area (Å²) < 4.78 is 68.6. The molecule has 0 radical (unpaired) electrons. The van der Waals surface area contributed by atoms with Gasteiger partial charge < -0.3 is 9.64 Å². The van der Waals surface area contributed by atoms with Crippen molar-refractivity contribution in [2.75, 3.05) is 31.1 Å². The van der Waals surface area contributed by atoms with Gasteiger partial charge in [0.2, 0.25) is 5.36 Å². The summed E-state index contributed by atoms with van der Waals surface area (Å²) in [5.74, 6) is 1.96. The van der Waals surface area contributed by atoms with Crippen molar-refractivity contribution >= 4 is 19.1 Å². The Hall–Kier alpha value is -3.30. The Balaban J connectivity index is 0.000000327. The molecule has 2 aromatic rings. The molecule has 0 atom stereocenters. The minimum atomic E-state index is -10.7. The molecule has 0 saturated carbocycles. The standard InChI is InChI=1S/C26H26N3O.CHN.CH4.F6P/c27-15-22-20-13-16-5-1-9-28-11-3-7-18(23(16)28)25(20)30-26-19-8-4-12-29-10-2-6-17(24(19)29)14-21(22)26;1-2;;1-7(2,3,4,5)6/h13-14H,1-12H2;1H;1H4;/q+1;;;-1/i15+1,27+0;1+1,2+0;;. The summed E-state index contributed by atoms with van der Waals surface area (Å²) in [7, 11) is -10.7. The predicted molar refractivity (Wildman–Crippen MR) is 144 cm³/mol. The van der Waals surface area contributed by atoms with Crippen LogP contribution in [-0.4, -0.2) is 26.2 Å². The van der Waals surface area contributed by atoms with Crippen molar-refractivity contribution in [3.8, 4) is 24.1 Å². The van der Waals surface area contributed by atoms with Crippen LogP contribution in [-0.2, 0) is 25.7 Å². The number of fused-ring (bicyclic) bond motifs is 4. The Morgan fingerprint density at radius 3 is 2.05 bits per heavy atom. The van der Waals surface area contributed by atoms with Crippen LogP contribution in [0.5, 0.6) is 11.5 Å². The minimum Gasteiger partial charge on any atom is -0.455 e. The molecule has 0 spiro atoms. The SMILES string of the molecule is C.F[P-](F)(F)(F)(F)F.[13CH]#[14N].[14N]#[13C]C1=c2cc3c4c(c2Oc2c1cc1c5c2CCCN5CCC1)CCC[N+]=4CCC3. The second-order valence-corrected chi connectivity index (χ2v) is 12.3. The van der Waals surface area contributed by atoms with Crippen LogP contribution in [0.25, 0.3) is 5.57 Å². The molecule has 5 nitrogen and oxygen atoms in total. The van der Waals surface area contributed by atoms with Crippen LogP contribution in [0.4, 0.5) is 30.9 Å². The molecule has 0 N–H and O–H groups in total. The van der Waals surface area contributed by atoms with Crippen LogP contribution in [0, 0.1) is 23.2 Å². The van der Waals surface area contributed by atoms with Crippen molar-refractivity contribution in [1.82, 2.24) is 4.58 Å². The number of aryl methyl sites for hydroxylation is 2. The van der Waals surface area contributed by atoms with Crippen molar-refractivity contribution in [2.24, 2.45) is 0 Å². The maximum Gasteiger partial charge on any atom is 0.210 e. The van der Waals surface area contributed by atoms with Gasteiger partial charge in [0.1, 0.15) is 30.7 Å². The number of nitrogens with zero attached hydrogens (tertiary/aromatic N) is 4. The number of hydrogen-bond donors (Lipinski definition) is 0. The normalized spacial score (nSPS) is 19.4. The molecule has 0 fully saturated rings. The predicted octanol–water partition coefficient (Wildman–Crippen LogP) is 6.76. The van der Waals surface area contributed by atoms with Crippen molar-refractivity contribution in [3.05, 3.63) is 50.5 Å². The van der Waals surface area contributed by atoms with Crippen molar-refractivity contribution in [2.45, 2.75) is 58.8 Å². The Morgan fingerprint density at radius 2 is 1.40 bits per heavy atom. The van der Waals surface area contributed by atoms with Gasteiger partial charge in [0, 0.05) is 60.1 Å². The van der Waals surface area contributed by atoms with E-state index in [1.54, 1.807) is 0 Å². The van der Waals surface area contributed by atoms with Crippen molar-refractivity contribution < 1.29 is 29.9 Å². The Labute approximate surface area is 228 Å². The minimum absolute atomic E-state index is 0. The van der Waals surface area contributed by atoms with Crippen LogP contribution in [0.2, 0.25) is 0 Å². The largest absolute Gasteiger partial charge is 0.455 e. The topological polar surface area (TPSA) is 63.1 Å². The maximum atomic E-state index is 10.3. The average molecular weight is 587 g/mol. The van der Waals surface area contributed by atoms with Gasteiger partial charge in [-0.2, -0.15) is 5.26 Å². The molecule has 0 saturated heterocycles. The zero-order valence-corrected chi connectivity index (χ0v) is 22.0. The summed E-state index contributed by atoms with van der Waals surface area (Å²) >= 11 is 0. The number of hydrogen-bond acceptors (Lipinski definition) is 4. The van der Waals surface area contributed by atoms with Crippen LogP contribution in [0.3, 0.4) is 0 Å². The maximum absolute atomic E-state index is 10.7. The number of rotatable bonds is 0. The summed E-state index contributed by atoms with van der Waals surface area (Å²) in [5, 5.41) is 19.2. The van der Waals surface area contributed by atoms with E-state index in [0.29, 0.717) is 0 Å². The van der Waals surface area contributed by atoms with Gasteiger partial charge in [-0.3, -0.25) is 0 Å². The molecular formula is C28H31F6N4OP. The molecule has 12 heteroatoms. The van der Waals surface area contributed by atoms with Gasteiger partial charge in [-0.15, -0.1) is 0 Å². The Morgan fingerprint density at radius 1 is 0.825 bits per heavy atom. The van der Waals surface area contributed by atoms with Gasteiger partial charge in [-0.05, 0) is 56.2 Å². The molecule has 216 valence electrons. The number of anilines is 1. The van der Waals surface area contributed by atoms with Gasteiger partial charge >= 0.3 is 33.0 Å². The zero-order chi connectivity index (χ0) is 28.2. The molecule has 5 aliphatic heterocycles. The number of benzene rings is 2. The average Bonchev–Trinajstić information content (AvgIpc) is 2.88. The fraction of sp³-hybridized carbons (Fsp3) is 0.464. The second kappa shape index (κ2) is 9.66. The van der Waals surface area contributed by atoms with E-state index in [1.165, 1.54) is 59.0 Å². The van der Waals surface area contributed by atoms with Gasteiger partial charge in [0.05, 0.1) is 11.1 Å². The molecule has 0 amide bonds. The Bertz CT molecular complexity index is 1560. The summed E-state index contributed by atoms with van der Waals surface area (Å²) in [4.78, 5) is 2.56. The third-order valence-corrected chi connectivity index (χ3v) is 7.80. The summed E-state index contributed by atoms with van der Waals surface area (Å²) in [6, 6.07) is 7.16. The van der Waals surface area contributed by atoms with E-state index in [9.17, 15) is 30.4 Å². The smallest absolute Gasteiger partial charge is 0.210 e. The fourth-order valence-corrected chi connectivity index (χ4v) is 6.63. The van der Waals surface area contributed by atoms with E-state index in [-0.39, 0.29) is 7.43 Å². The second-order valence-electron chi connectivity index (χ2n) is 10.4. The molecule has 0 aliphatic carbocycles. The first-order valence-corrected chi connectivity index (χ1v) is 15.0. The van der Waals surface area contributed by atoms with Gasteiger partial charge in [-0.25, -0.2) is 9.84 Å². The van der Waals surface area contributed by atoms with Gasteiger partial charge in [-0.1, -0.05) is 7.43 Å². The van der Waals surface area contributed by atoms with Crippen LogP contribution < -0.4 is 24.8 Å². The third-order valence-electron chi connectivity index (χ3n) is 7.80. The van der Waals surface area contributed by atoms with E-state index in [2.05, 4.69) is 34.2 Å². The Kier molecular flexibility index (Phi) is 7.17. The summed E-state index contributed by atoms with van der Waals surface area (Å²) in [5.41, 5.74) is 8.82. The van der Waals surface area contributed by atoms with Crippen LogP contribution in [0.1, 0.15) is 60.9 Å². The number of ether oxygens (including phenoxy) is 1. The molecule has 0 aromatic heterocycles. The fourth-order valence-electron chi connectivity index (χ4n) is 6.63. The molecule has 5 heterocycles. The van der Waals surface area contributed by atoms with E-state index >= 15 is 0 Å². The summed E-state index contributed by atoms with van der Waals surface area (Å²) in [6.07, 6.45) is 9.10. The quantitative estimate of drug-likeness (QED) is 0.148. The van der Waals surface area contributed by atoms with Gasteiger partial charge in [0.25, 0.3) is 0 Å². The molecule has 40 heavy (non-hydrogen) atoms. The van der Waals surface area contributed by atoms with Crippen LogP contribution in [0.15, 0.2) is 12.1 Å². The van der Waals surface area contributed by atoms with Crippen LogP contribution >= 0.6 is 7.81 Å². The molecule has 2 aromatic carbocycles. The first kappa shape index (κ1) is 29.7. The first-order valence-electron chi connectivity index (χ1n) is 12.9. The molecule has 7 rings (SSSR count). The number of halogens is 6. The molecule has 0 bridgehead atoms. The number of nitriles is 2. The molecule has 0 unspecified atom stereocenters. The summed E-state index contributed by atoms with van der Waals surface area (Å²) in [6.45, 7) is 8.10. The van der Waals surface area contributed by atoms with E-state index in [4.69, 9.17) is 10.00 Å². The van der Waals surface area contributed by atoms with Gasteiger partial charge in [0.15, 0.2) is 0 Å². The monoisotopic (exact) mass is 586 g/mol. The molecular weight excluding hydrogens is 555 g/mol. The first-order chi connectivity index (χ1) is 18.3. The third kappa shape index (κ3) is 5.76. The van der Waals surface area contributed by atoms with E-state index in [0.717, 1.165) is 79.7 Å². The molecule has 5 aliphatic rings.